The highest BCUT2D eigenvalue weighted by atomic mass is 35.5. The van der Waals surface area contributed by atoms with Gasteiger partial charge in [0.15, 0.2) is 0 Å². The molecule has 4 heteroatoms. The largest absolute Gasteiger partial charge is 1.00 e. The molecule has 0 aromatic heterocycles. The van der Waals surface area contributed by atoms with Gasteiger partial charge in [-0.2, -0.15) is 0 Å². The summed E-state index contributed by atoms with van der Waals surface area (Å²) in [6.07, 6.45) is 3.77. The summed E-state index contributed by atoms with van der Waals surface area (Å²) < 4.78 is 11.9. The second-order valence-electron chi connectivity index (χ2n) is 4.62. The number of aromatic hydroxyl groups is 1. The van der Waals surface area contributed by atoms with E-state index in [9.17, 15) is 9.50 Å². The van der Waals surface area contributed by atoms with Gasteiger partial charge in [-0.15, -0.1) is 0 Å². The van der Waals surface area contributed by atoms with E-state index in [4.69, 9.17) is 0 Å². The SMILES string of the molecule is CC(Cc1ccc(O)cc1)[NH2+]CCCCCF.[Cl-]. The number of alkyl halides is 1. The van der Waals surface area contributed by atoms with E-state index < -0.39 is 0 Å². The van der Waals surface area contributed by atoms with Gasteiger partial charge in [0.05, 0.1) is 19.3 Å². The standard InChI is InChI=1S/C14H22FNO.ClH/c1-12(16-10-4-2-3-9-15)11-13-5-7-14(17)8-6-13;/h5-8,12,16-17H,2-4,9-11H2,1H3;1H. The van der Waals surface area contributed by atoms with Crippen LogP contribution in [0.4, 0.5) is 4.39 Å². The van der Waals surface area contributed by atoms with Gasteiger partial charge < -0.3 is 22.8 Å². The van der Waals surface area contributed by atoms with Crippen molar-refractivity contribution in [1.82, 2.24) is 0 Å². The van der Waals surface area contributed by atoms with Gasteiger partial charge in [-0.3, -0.25) is 4.39 Å². The molecule has 0 saturated heterocycles. The summed E-state index contributed by atoms with van der Waals surface area (Å²) in [6, 6.07) is 7.91. The summed E-state index contributed by atoms with van der Waals surface area (Å²) in [4.78, 5) is 0. The third-order valence-corrected chi connectivity index (χ3v) is 2.90. The molecule has 0 amide bonds. The molecule has 1 rings (SSSR count). The Morgan fingerprint density at radius 1 is 1.17 bits per heavy atom. The first-order valence-electron chi connectivity index (χ1n) is 6.39. The number of unbranched alkanes of at least 4 members (excludes halogenated alkanes) is 2. The molecule has 0 spiro atoms. The van der Waals surface area contributed by atoms with Gasteiger partial charge in [0.2, 0.25) is 0 Å². The molecule has 0 bridgehead atoms. The lowest BCUT2D eigenvalue weighted by atomic mass is 10.1. The zero-order valence-electron chi connectivity index (χ0n) is 10.9. The smallest absolute Gasteiger partial charge is 0.115 e. The monoisotopic (exact) mass is 275 g/mol. The van der Waals surface area contributed by atoms with Gasteiger partial charge in [0.25, 0.3) is 0 Å². The van der Waals surface area contributed by atoms with E-state index in [0.29, 0.717) is 18.2 Å². The predicted molar refractivity (Wildman–Crippen MR) is 67.9 cm³/mol. The fourth-order valence-corrected chi connectivity index (χ4v) is 1.91. The first kappa shape index (κ1) is 17.2. The van der Waals surface area contributed by atoms with Crippen molar-refractivity contribution in [2.24, 2.45) is 0 Å². The maximum absolute atomic E-state index is 11.9. The average Bonchev–Trinajstić information content (AvgIpc) is 2.32. The molecule has 0 saturated carbocycles. The Morgan fingerprint density at radius 2 is 1.83 bits per heavy atom. The first-order valence-corrected chi connectivity index (χ1v) is 6.39. The number of hydrogen-bond donors (Lipinski definition) is 2. The Morgan fingerprint density at radius 3 is 2.44 bits per heavy atom. The van der Waals surface area contributed by atoms with Crippen molar-refractivity contribution in [1.29, 1.82) is 0 Å². The molecule has 0 aliphatic carbocycles. The van der Waals surface area contributed by atoms with Crippen molar-refractivity contribution in [2.45, 2.75) is 38.6 Å². The van der Waals surface area contributed by atoms with Crippen LogP contribution in [-0.2, 0) is 6.42 Å². The van der Waals surface area contributed by atoms with Gasteiger partial charge in [0.1, 0.15) is 5.75 Å². The molecule has 18 heavy (non-hydrogen) atoms. The van der Waals surface area contributed by atoms with Crippen LogP contribution in [0.2, 0.25) is 0 Å². The van der Waals surface area contributed by atoms with Gasteiger partial charge in [0, 0.05) is 6.42 Å². The zero-order valence-corrected chi connectivity index (χ0v) is 11.7. The molecule has 1 aromatic carbocycles. The number of rotatable bonds is 8. The van der Waals surface area contributed by atoms with Crippen molar-refractivity contribution in [3.05, 3.63) is 29.8 Å². The number of phenols is 1. The number of nitrogens with two attached hydrogens (primary N) is 1. The maximum Gasteiger partial charge on any atom is 0.115 e. The van der Waals surface area contributed by atoms with Crippen LogP contribution in [0.3, 0.4) is 0 Å². The van der Waals surface area contributed by atoms with E-state index in [1.165, 1.54) is 5.56 Å². The molecule has 0 aliphatic heterocycles. The minimum absolute atomic E-state index is 0. The van der Waals surface area contributed by atoms with Crippen LogP contribution < -0.4 is 17.7 Å². The third kappa shape index (κ3) is 7.51. The van der Waals surface area contributed by atoms with Crippen LogP contribution in [-0.4, -0.2) is 24.4 Å². The average molecular weight is 276 g/mol. The van der Waals surface area contributed by atoms with E-state index in [1.807, 2.05) is 12.1 Å². The third-order valence-electron chi connectivity index (χ3n) is 2.90. The minimum atomic E-state index is -0.191. The van der Waals surface area contributed by atoms with Crippen molar-refractivity contribution < 1.29 is 27.2 Å². The molecule has 1 aromatic rings. The molecule has 3 N–H and O–H groups in total. The van der Waals surface area contributed by atoms with E-state index in [-0.39, 0.29) is 19.1 Å². The molecule has 0 heterocycles. The molecule has 0 aliphatic rings. The molecular weight excluding hydrogens is 253 g/mol. The van der Waals surface area contributed by atoms with Crippen LogP contribution in [0.5, 0.6) is 5.75 Å². The highest BCUT2D eigenvalue weighted by Crippen LogP contribution is 2.10. The zero-order chi connectivity index (χ0) is 12.5. The summed E-state index contributed by atoms with van der Waals surface area (Å²) in [5.74, 6) is 0.316. The van der Waals surface area contributed by atoms with Crippen molar-refractivity contribution in [3.8, 4) is 5.75 Å². The molecule has 2 nitrogen and oxygen atoms in total. The van der Waals surface area contributed by atoms with Gasteiger partial charge in [-0.1, -0.05) is 12.1 Å². The summed E-state index contributed by atoms with van der Waals surface area (Å²) >= 11 is 0. The lowest BCUT2D eigenvalue weighted by Crippen LogP contribution is -3.00. The summed E-state index contributed by atoms with van der Waals surface area (Å²) in [5.41, 5.74) is 1.25. The van der Waals surface area contributed by atoms with E-state index in [2.05, 4.69) is 12.2 Å². The molecule has 1 atom stereocenters. The second-order valence-corrected chi connectivity index (χ2v) is 4.62. The molecule has 0 fully saturated rings. The van der Waals surface area contributed by atoms with Crippen molar-refractivity contribution in [2.75, 3.05) is 13.2 Å². The lowest BCUT2D eigenvalue weighted by molar-refractivity contribution is -0.686. The van der Waals surface area contributed by atoms with Gasteiger partial charge in [-0.05, 0) is 43.9 Å². The Kier molecular flexibility index (Phi) is 9.70. The highest BCUT2D eigenvalue weighted by Gasteiger charge is 2.05. The Hall–Kier alpha value is -0.800. The number of hydrogen-bond acceptors (Lipinski definition) is 1. The number of phenolic OH excluding ortho intramolecular Hbond substituents is 1. The first-order chi connectivity index (χ1) is 8.22. The van der Waals surface area contributed by atoms with Crippen LogP contribution in [0, 0.1) is 0 Å². The molecular formula is C14H23ClFNO. The van der Waals surface area contributed by atoms with Crippen LogP contribution in [0.1, 0.15) is 31.7 Å². The Labute approximate surface area is 115 Å². The van der Waals surface area contributed by atoms with E-state index in [0.717, 1.165) is 25.8 Å². The topological polar surface area (TPSA) is 36.8 Å². The normalized spacial score (nSPS) is 11.9. The fourth-order valence-electron chi connectivity index (χ4n) is 1.91. The lowest BCUT2D eigenvalue weighted by Gasteiger charge is -2.10. The Balaban J connectivity index is 0.00000289. The van der Waals surface area contributed by atoms with Crippen molar-refractivity contribution >= 4 is 0 Å². The number of benzene rings is 1. The summed E-state index contributed by atoms with van der Waals surface area (Å²) in [5, 5.41) is 11.5. The van der Waals surface area contributed by atoms with E-state index in [1.54, 1.807) is 12.1 Å². The highest BCUT2D eigenvalue weighted by molar-refractivity contribution is 5.26. The van der Waals surface area contributed by atoms with E-state index >= 15 is 0 Å². The molecule has 0 radical (unpaired) electrons. The van der Waals surface area contributed by atoms with Crippen molar-refractivity contribution in [3.63, 3.8) is 0 Å². The predicted octanol–water partition coefficient (Wildman–Crippen LogP) is -0.970. The van der Waals surface area contributed by atoms with Crippen LogP contribution in [0.25, 0.3) is 0 Å². The maximum atomic E-state index is 11.9. The second kappa shape index (κ2) is 10.2. The molecule has 104 valence electrons. The number of halogens is 2. The quantitative estimate of drug-likeness (QED) is 0.589. The van der Waals surface area contributed by atoms with Crippen LogP contribution >= 0.6 is 0 Å². The van der Waals surface area contributed by atoms with Gasteiger partial charge >= 0.3 is 0 Å². The number of quaternary nitrogens is 1. The fraction of sp³-hybridized carbons (Fsp3) is 0.571. The van der Waals surface area contributed by atoms with Crippen LogP contribution in [0.15, 0.2) is 24.3 Å². The Bertz CT molecular complexity index is 305. The minimum Gasteiger partial charge on any atom is -1.00 e. The summed E-state index contributed by atoms with van der Waals surface area (Å²) in [7, 11) is 0. The van der Waals surface area contributed by atoms with Gasteiger partial charge in [-0.25, -0.2) is 0 Å². The summed E-state index contributed by atoms with van der Waals surface area (Å²) in [6.45, 7) is 3.07. The molecule has 1 unspecified atom stereocenters.